The highest BCUT2D eigenvalue weighted by atomic mass is 19.4. The number of aryl methyl sites for hydroxylation is 1. The number of alkyl halides is 3. The minimum Gasteiger partial charge on any atom is -0.491 e. The van der Waals surface area contributed by atoms with Gasteiger partial charge in [-0.25, -0.2) is 9.97 Å². The van der Waals surface area contributed by atoms with E-state index in [9.17, 15) is 13.2 Å². The zero-order valence-corrected chi connectivity index (χ0v) is 12.3. The molecule has 118 valence electrons. The molecular weight excluding hydrogens is 295 g/mol. The van der Waals surface area contributed by atoms with Crippen LogP contribution >= 0.6 is 0 Å². The van der Waals surface area contributed by atoms with Gasteiger partial charge in [-0.05, 0) is 24.6 Å². The summed E-state index contributed by atoms with van der Waals surface area (Å²) in [6, 6.07) is 8.39. The van der Waals surface area contributed by atoms with E-state index >= 15 is 0 Å². The number of nitrogens with zero attached hydrogens (tertiary/aromatic N) is 3. The van der Waals surface area contributed by atoms with Gasteiger partial charge in [0, 0.05) is 13.2 Å². The van der Waals surface area contributed by atoms with Gasteiger partial charge in [-0.1, -0.05) is 18.2 Å². The smallest absolute Gasteiger partial charge is 0.433 e. The van der Waals surface area contributed by atoms with Crippen LogP contribution in [0.1, 0.15) is 11.3 Å². The van der Waals surface area contributed by atoms with Crippen molar-refractivity contribution >= 4 is 5.95 Å². The van der Waals surface area contributed by atoms with E-state index in [-0.39, 0.29) is 5.95 Å². The molecule has 22 heavy (non-hydrogen) atoms. The monoisotopic (exact) mass is 311 g/mol. The molecule has 1 aromatic heterocycles. The number of benzene rings is 1. The van der Waals surface area contributed by atoms with Crippen molar-refractivity contribution in [2.24, 2.45) is 0 Å². The second-order valence-corrected chi connectivity index (χ2v) is 4.78. The van der Waals surface area contributed by atoms with Gasteiger partial charge in [0.2, 0.25) is 5.95 Å². The third-order valence-corrected chi connectivity index (χ3v) is 3.05. The first-order chi connectivity index (χ1) is 10.4. The fraction of sp³-hybridized carbons (Fsp3) is 0.333. The van der Waals surface area contributed by atoms with Crippen LogP contribution in [-0.4, -0.2) is 30.2 Å². The average molecular weight is 311 g/mol. The van der Waals surface area contributed by atoms with Crippen LogP contribution in [0.4, 0.5) is 19.1 Å². The molecule has 2 aromatic rings. The molecule has 0 saturated heterocycles. The Bertz CT molecular complexity index is 631. The van der Waals surface area contributed by atoms with Gasteiger partial charge in [0.1, 0.15) is 18.1 Å². The molecule has 0 saturated carbocycles. The number of hydrogen-bond acceptors (Lipinski definition) is 4. The normalized spacial score (nSPS) is 11.3. The summed E-state index contributed by atoms with van der Waals surface area (Å²) in [5.41, 5.74) is 0.0460. The first-order valence-corrected chi connectivity index (χ1v) is 6.68. The number of anilines is 1. The Balaban J connectivity index is 1.95. The molecule has 0 unspecified atom stereocenters. The Morgan fingerprint density at radius 1 is 1.18 bits per heavy atom. The van der Waals surface area contributed by atoms with E-state index in [1.54, 1.807) is 7.05 Å². The summed E-state index contributed by atoms with van der Waals surface area (Å²) in [4.78, 5) is 8.90. The van der Waals surface area contributed by atoms with E-state index < -0.39 is 11.9 Å². The second-order valence-electron chi connectivity index (χ2n) is 4.78. The van der Waals surface area contributed by atoms with Crippen molar-refractivity contribution in [1.82, 2.24) is 9.97 Å². The predicted molar refractivity (Wildman–Crippen MR) is 77.0 cm³/mol. The SMILES string of the molecule is Cc1ccccc1OCCN(C)c1nccc(C(F)(F)F)n1. The lowest BCUT2D eigenvalue weighted by Gasteiger charge is -2.18. The minimum atomic E-state index is -4.48. The summed E-state index contributed by atoms with van der Waals surface area (Å²) < 4.78 is 43.5. The molecular formula is C15H16F3N3O. The van der Waals surface area contributed by atoms with E-state index in [4.69, 9.17) is 4.74 Å². The molecule has 0 aliphatic carbocycles. The van der Waals surface area contributed by atoms with Gasteiger partial charge in [0.25, 0.3) is 0 Å². The Morgan fingerprint density at radius 3 is 2.59 bits per heavy atom. The number of hydrogen-bond donors (Lipinski definition) is 0. The second kappa shape index (κ2) is 6.64. The average Bonchev–Trinajstić information content (AvgIpc) is 2.48. The molecule has 0 radical (unpaired) electrons. The van der Waals surface area contributed by atoms with Gasteiger partial charge in [-0.2, -0.15) is 13.2 Å². The summed E-state index contributed by atoms with van der Waals surface area (Å²) in [5.74, 6) is 0.768. The molecule has 4 nitrogen and oxygen atoms in total. The Morgan fingerprint density at radius 2 is 1.91 bits per heavy atom. The molecule has 0 fully saturated rings. The van der Waals surface area contributed by atoms with Crippen molar-refractivity contribution in [3.63, 3.8) is 0 Å². The predicted octanol–water partition coefficient (Wildman–Crippen LogP) is 3.32. The fourth-order valence-electron chi connectivity index (χ4n) is 1.80. The van der Waals surface area contributed by atoms with E-state index in [0.29, 0.717) is 13.2 Å². The quantitative estimate of drug-likeness (QED) is 0.849. The molecule has 0 aliphatic rings. The number of halogens is 3. The molecule has 0 bridgehead atoms. The summed E-state index contributed by atoms with van der Waals surface area (Å²) >= 11 is 0. The van der Waals surface area contributed by atoms with E-state index in [2.05, 4.69) is 9.97 Å². The molecule has 0 amide bonds. The zero-order valence-electron chi connectivity index (χ0n) is 12.3. The highest BCUT2D eigenvalue weighted by molar-refractivity contribution is 5.32. The number of ether oxygens (including phenoxy) is 1. The standard InChI is InChI=1S/C15H16F3N3O/c1-11-5-3-4-6-12(11)22-10-9-21(2)14-19-8-7-13(20-14)15(16,17)18/h3-8H,9-10H2,1-2H3. The molecule has 2 rings (SSSR count). The lowest BCUT2D eigenvalue weighted by molar-refractivity contribution is -0.141. The summed E-state index contributed by atoms with van der Waals surface area (Å²) in [6.45, 7) is 2.62. The van der Waals surface area contributed by atoms with Gasteiger partial charge >= 0.3 is 6.18 Å². The number of aromatic nitrogens is 2. The first-order valence-electron chi connectivity index (χ1n) is 6.68. The maximum absolute atomic E-state index is 12.6. The molecule has 0 aliphatic heterocycles. The van der Waals surface area contributed by atoms with Crippen molar-refractivity contribution in [3.8, 4) is 5.75 Å². The summed E-state index contributed by atoms with van der Waals surface area (Å²) in [5, 5.41) is 0. The van der Waals surface area contributed by atoms with Gasteiger partial charge in [-0.3, -0.25) is 0 Å². The van der Waals surface area contributed by atoms with Gasteiger partial charge in [0.15, 0.2) is 0 Å². The molecule has 0 N–H and O–H groups in total. The van der Waals surface area contributed by atoms with Crippen LogP contribution in [0, 0.1) is 6.92 Å². The summed E-state index contributed by atoms with van der Waals surface area (Å²) in [6.07, 6.45) is -3.37. The number of para-hydroxylation sites is 1. The highest BCUT2D eigenvalue weighted by Crippen LogP contribution is 2.27. The number of likely N-dealkylation sites (N-methyl/N-ethyl adjacent to an activating group) is 1. The van der Waals surface area contributed by atoms with Crippen LogP contribution in [0.15, 0.2) is 36.5 Å². The lowest BCUT2D eigenvalue weighted by atomic mass is 10.2. The van der Waals surface area contributed by atoms with Crippen molar-refractivity contribution in [2.45, 2.75) is 13.1 Å². The van der Waals surface area contributed by atoms with Crippen molar-refractivity contribution in [2.75, 3.05) is 25.1 Å². The van der Waals surface area contributed by atoms with Crippen LogP contribution in [0.25, 0.3) is 0 Å². The topological polar surface area (TPSA) is 38.2 Å². The number of rotatable bonds is 5. The first kappa shape index (κ1) is 16.1. The maximum Gasteiger partial charge on any atom is 0.433 e. The van der Waals surface area contributed by atoms with Gasteiger partial charge in [0.05, 0.1) is 6.54 Å². The van der Waals surface area contributed by atoms with Crippen molar-refractivity contribution < 1.29 is 17.9 Å². The van der Waals surface area contributed by atoms with Gasteiger partial charge in [-0.15, -0.1) is 0 Å². The molecule has 1 heterocycles. The van der Waals surface area contributed by atoms with Crippen LogP contribution < -0.4 is 9.64 Å². The third-order valence-electron chi connectivity index (χ3n) is 3.05. The summed E-state index contributed by atoms with van der Waals surface area (Å²) in [7, 11) is 1.62. The Kier molecular flexibility index (Phi) is 4.85. The van der Waals surface area contributed by atoms with Crippen LogP contribution in [0.3, 0.4) is 0 Å². The van der Waals surface area contributed by atoms with E-state index in [1.165, 1.54) is 4.90 Å². The van der Waals surface area contributed by atoms with Crippen molar-refractivity contribution in [1.29, 1.82) is 0 Å². The Labute approximate surface area is 126 Å². The third kappa shape index (κ3) is 4.09. The Hall–Kier alpha value is -2.31. The van der Waals surface area contributed by atoms with Crippen LogP contribution in [0.5, 0.6) is 5.75 Å². The van der Waals surface area contributed by atoms with Crippen LogP contribution in [-0.2, 0) is 6.18 Å². The largest absolute Gasteiger partial charge is 0.491 e. The van der Waals surface area contributed by atoms with E-state index in [1.807, 2.05) is 31.2 Å². The highest BCUT2D eigenvalue weighted by Gasteiger charge is 2.33. The van der Waals surface area contributed by atoms with E-state index in [0.717, 1.165) is 23.6 Å². The van der Waals surface area contributed by atoms with Crippen LogP contribution in [0.2, 0.25) is 0 Å². The van der Waals surface area contributed by atoms with Gasteiger partial charge < -0.3 is 9.64 Å². The zero-order chi connectivity index (χ0) is 16.2. The van der Waals surface area contributed by atoms with Crippen molar-refractivity contribution in [3.05, 3.63) is 47.8 Å². The minimum absolute atomic E-state index is 0.0169. The lowest BCUT2D eigenvalue weighted by Crippen LogP contribution is -2.26. The maximum atomic E-state index is 12.6. The molecule has 7 heteroatoms. The molecule has 1 aromatic carbocycles. The molecule has 0 atom stereocenters. The molecule has 0 spiro atoms. The fourth-order valence-corrected chi connectivity index (χ4v) is 1.80.